The Morgan fingerprint density at radius 1 is 1.29 bits per heavy atom. The van der Waals surface area contributed by atoms with Gasteiger partial charge in [0, 0.05) is 14.1 Å². The molecule has 1 atom stereocenters. The second kappa shape index (κ2) is 6.23. The molecule has 0 fully saturated rings. The lowest BCUT2D eigenvalue weighted by atomic mass is 10.1. The van der Waals surface area contributed by atoms with Crippen molar-refractivity contribution in [2.75, 3.05) is 14.1 Å². The minimum atomic E-state index is -3.97. The summed E-state index contributed by atoms with van der Waals surface area (Å²) in [5.74, 6) is -1.61. The quantitative estimate of drug-likeness (QED) is 0.821. The van der Waals surface area contributed by atoms with Gasteiger partial charge in [-0.05, 0) is 31.5 Å². The van der Waals surface area contributed by atoms with Crippen molar-refractivity contribution in [3.63, 3.8) is 0 Å². The molecular weight excluding hydrogens is 296 g/mol. The average molecular weight is 314 g/mol. The number of amides is 1. The van der Waals surface area contributed by atoms with Crippen molar-refractivity contribution >= 4 is 21.9 Å². The summed E-state index contributed by atoms with van der Waals surface area (Å²) in [5.41, 5.74) is 0.364. The van der Waals surface area contributed by atoms with Crippen molar-refractivity contribution in [3.8, 4) is 0 Å². The summed E-state index contributed by atoms with van der Waals surface area (Å²) in [5, 5.41) is 9.02. The molecule has 1 amide bonds. The highest BCUT2D eigenvalue weighted by Gasteiger charge is 2.24. The van der Waals surface area contributed by atoms with Crippen LogP contribution in [-0.4, -0.2) is 50.4 Å². The Morgan fingerprint density at radius 3 is 2.33 bits per heavy atom. The third kappa shape index (κ3) is 4.02. The van der Waals surface area contributed by atoms with E-state index in [9.17, 15) is 18.0 Å². The predicted molar refractivity (Wildman–Crippen MR) is 76.6 cm³/mol. The molecule has 0 saturated heterocycles. The van der Waals surface area contributed by atoms with Crippen LogP contribution in [0.3, 0.4) is 0 Å². The molecule has 0 saturated carbocycles. The number of sulfonamides is 1. The number of aromatic carboxylic acids is 1. The number of nitrogens with one attached hydrogen (secondary N) is 1. The summed E-state index contributed by atoms with van der Waals surface area (Å²) in [6.45, 7) is 3.00. The molecule has 2 N–H and O–H groups in total. The topological polar surface area (TPSA) is 104 Å². The van der Waals surface area contributed by atoms with Crippen LogP contribution >= 0.6 is 0 Å². The molecule has 1 aromatic rings. The molecule has 1 unspecified atom stereocenters. The Labute approximate surface area is 123 Å². The molecule has 1 rings (SSSR count). The van der Waals surface area contributed by atoms with Gasteiger partial charge < -0.3 is 10.0 Å². The maximum absolute atomic E-state index is 12.2. The van der Waals surface area contributed by atoms with Crippen LogP contribution in [0.2, 0.25) is 0 Å². The number of carboxylic acid groups (broad SMARTS) is 1. The highest BCUT2D eigenvalue weighted by Crippen LogP contribution is 2.16. The lowest BCUT2D eigenvalue weighted by Gasteiger charge is -2.18. The maximum atomic E-state index is 12.2. The van der Waals surface area contributed by atoms with Gasteiger partial charge in [0.25, 0.3) is 0 Å². The molecule has 0 aliphatic carbocycles. The van der Waals surface area contributed by atoms with Gasteiger partial charge in [-0.25, -0.2) is 13.2 Å². The van der Waals surface area contributed by atoms with E-state index in [-0.39, 0.29) is 10.5 Å². The van der Waals surface area contributed by atoms with Gasteiger partial charge in [-0.15, -0.1) is 0 Å². The molecule has 116 valence electrons. The average Bonchev–Trinajstić information content (AvgIpc) is 2.36. The second-order valence-electron chi connectivity index (χ2n) is 4.86. The van der Waals surface area contributed by atoms with Gasteiger partial charge >= 0.3 is 5.97 Å². The number of likely N-dealkylation sites (N-methyl/N-ethyl adjacent to an activating group) is 1. The van der Waals surface area contributed by atoms with Crippen LogP contribution in [-0.2, 0) is 14.8 Å². The largest absolute Gasteiger partial charge is 0.478 e. The van der Waals surface area contributed by atoms with E-state index in [0.717, 1.165) is 6.07 Å². The van der Waals surface area contributed by atoms with Crippen molar-refractivity contribution in [1.82, 2.24) is 9.62 Å². The second-order valence-corrected chi connectivity index (χ2v) is 6.57. The van der Waals surface area contributed by atoms with E-state index in [1.807, 2.05) is 0 Å². The van der Waals surface area contributed by atoms with Gasteiger partial charge in [-0.2, -0.15) is 4.72 Å². The highest BCUT2D eigenvalue weighted by molar-refractivity contribution is 7.89. The Kier molecular flexibility index (Phi) is 5.08. The standard InChI is InChI=1S/C13H18N2O5S/c1-8-5-6-10(7-11(8)13(17)18)21(19,20)14-9(2)12(16)15(3)4/h5-7,9,14H,1-4H3,(H,17,18). The van der Waals surface area contributed by atoms with E-state index in [0.29, 0.717) is 5.56 Å². The van der Waals surface area contributed by atoms with Gasteiger partial charge in [-0.3, -0.25) is 4.79 Å². The predicted octanol–water partition coefficient (Wildman–Crippen LogP) is 0.448. The van der Waals surface area contributed by atoms with Gasteiger partial charge in [0.2, 0.25) is 15.9 Å². The summed E-state index contributed by atoms with van der Waals surface area (Å²) in [6, 6.07) is 2.85. The van der Waals surface area contributed by atoms with Crippen LogP contribution in [0.5, 0.6) is 0 Å². The first-order valence-electron chi connectivity index (χ1n) is 6.13. The Bertz CT molecular complexity index is 667. The molecule has 8 heteroatoms. The number of carboxylic acids is 1. The molecule has 0 radical (unpaired) electrons. The molecule has 1 aromatic carbocycles. The summed E-state index contributed by atoms with van der Waals surface area (Å²) in [4.78, 5) is 23.8. The van der Waals surface area contributed by atoms with Gasteiger partial charge in [0.05, 0.1) is 16.5 Å². The van der Waals surface area contributed by atoms with Crippen LogP contribution < -0.4 is 4.72 Å². The summed E-state index contributed by atoms with van der Waals surface area (Å²) in [7, 11) is -0.941. The zero-order valence-corrected chi connectivity index (χ0v) is 13.1. The molecule has 0 spiro atoms. The molecule has 0 aliphatic rings. The molecule has 0 aliphatic heterocycles. The van der Waals surface area contributed by atoms with Crippen LogP contribution in [0.1, 0.15) is 22.8 Å². The van der Waals surface area contributed by atoms with E-state index in [1.165, 1.54) is 38.1 Å². The fraction of sp³-hybridized carbons (Fsp3) is 0.385. The molecule has 0 aromatic heterocycles. The normalized spacial score (nSPS) is 12.8. The molecule has 0 bridgehead atoms. The first-order chi connectivity index (χ1) is 9.56. The number of carbonyl (C=O) groups excluding carboxylic acids is 1. The van der Waals surface area contributed by atoms with Crippen molar-refractivity contribution in [1.29, 1.82) is 0 Å². The van der Waals surface area contributed by atoms with Crippen molar-refractivity contribution in [3.05, 3.63) is 29.3 Å². The summed E-state index contributed by atoms with van der Waals surface area (Å²) in [6.07, 6.45) is 0. The van der Waals surface area contributed by atoms with Crippen molar-refractivity contribution in [2.45, 2.75) is 24.8 Å². The molecule has 0 heterocycles. The van der Waals surface area contributed by atoms with E-state index in [2.05, 4.69) is 4.72 Å². The van der Waals surface area contributed by atoms with Crippen LogP contribution in [0.15, 0.2) is 23.1 Å². The third-order valence-electron chi connectivity index (χ3n) is 2.89. The summed E-state index contributed by atoms with van der Waals surface area (Å²) >= 11 is 0. The summed E-state index contributed by atoms with van der Waals surface area (Å²) < 4.78 is 26.6. The number of nitrogens with zero attached hydrogens (tertiary/aromatic N) is 1. The van der Waals surface area contributed by atoms with Crippen LogP contribution in [0, 0.1) is 6.92 Å². The molecule has 21 heavy (non-hydrogen) atoms. The first kappa shape index (κ1) is 17.1. The monoisotopic (exact) mass is 314 g/mol. The third-order valence-corrected chi connectivity index (χ3v) is 4.43. The lowest BCUT2D eigenvalue weighted by molar-refractivity contribution is -0.130. The van der Waals surface area contributed by atoms with Crippen molar-refractivity contribution < 1.29 is 23.1 Å². The van der Waals surface area contributed by atoms with E-state index < -0.39 is 27.9 Å². The Balaban J connectivity index is 3.12. The number of hydrogen-bond donors (Lipinski definition) is 2. The van der Waals surface area contributed by atoms with Gasteiger partial charge in [0.1, 0.15) is 0 Å². The zero-order chi connectivity index (χ0) is 16.4. The van der Waals surface area contributed by atoms with E-state index >= 15 is 0 Å². The number of rotatable bonds is 5. The minimum Gasteiger partial charge on any atom is -0.478 e. The molecule has 7 nitrogen and oxygen atoms in total. The molecular formula is C13H18N2O5S. The smallest absolute Gasteiger partial charge is 0.335 e. The fourth-order valence-electron chi connectivity index (χ4n) is 1.74. The van der Waals surface area contributed by atoms with E-state index in [1.54, 1.807) is 6.92 Å². The Morgan fingerprint density at radius 2 is 1.86 bits per heavy atom. The Hall–Kier alpha value is -1.93. The first-order valence-corrected chi connectivity index (χ1v) is 7.62. The van der Waals surface area contributed by atoms with Crippen LogP contribution in [0.4, 0.5) is 0 Å². The number of aryl methyl sites for hydroxylation is 1. The highest BCUT2D eigenvalue weighted by atomic mass is 32.2. The van der Waals surface area contributed by atoms with Gasteiger partial charge in [0.15, 0.2) is 0 Å². The zero-order valence-electron chi connectivity index (χ0n) is 12.2. The fourth-order valence-corrected chi connectivity index (χ4v) is 2.96. The maximum Gasteiger partial charge on any atom is 0.335 e. The van der Waals surface area contributed by atoms with Crippen LogP contribution in [0.25, 0.3) is 0 Å². The lowest BCUT2D eigenvalue weighted by Crippen LogP contribution is -2.44. The SMILES string of the molecule is Cc1ccc(S(=O)(=O)NC(C)C(=O)N(C)C)cc1C(=O)O. The minimum absolute atomic E-state index is 0.0931. The number of hydrogen-bond acceptors (Lipinski definition) is 4. The van der Waals surface area contributed by atoms with Crippen molar-refractivity contribution in [2.24, 2.45) is 0 Å². The van der Waals surface area contributed by atoms with Gasteiger partial charge in [-0.1, -0.05) is 6.07 Å². The number of carbonyl (C=O) groups is 2. The number of benzene rings is 1. The van der Waals surface area contributed by atoms with E-state index in [4.69, 9.17) is 5.11 Å².